The van der Waals surface area contributed by atoms with Crippen molar-refractivity contribution in [2.24, 2.45) is 0 Å². The summed E-state index contributed by atoms with van der Waals surface area (Å²) in [5, 5.41) is 7.72. The van der Waals surface area contributed by atoms with E-state index in [0.29, 0.717) is 22.1 Å². The van der Waals surface area contributed by atoms with Crippen LogP contribution in [0, 0.1) is 19.7 Å². The molecular weight excluding hydrogens is 505 g/mol. The SMILES string of the molecule is COc1ccc(-c2csc(NC(=S)NC(=O)COc3c(C)cc(C)cc3Br)n2)cc1F. The zero-order chi connectivity index (χ0) is 22.5. The number of amides is 1. The molecule has 2 N–H and O–H groups in total. The van der Waals surface area contributed by atoms with Gasteiger partial charge in [-0.15, -0.1) is 11.3 Å². The Morgan fingerprint density at radius 3 is 2.74 bits per heavy atom. The minimum Gasteiger partial charge on any atom is -0.494 e. The highest BCUT2D eigenvalue weighted by Gasteiger charge is 2.13. The topological polar surface area (TPSA) is 72.5 Å². The number of halogens is 2. The number of aromatic nitrogens is 1. The minimum absolute atomic E-state index is 0.0927. The number of hydrogen-bond acceptors (Lipinski definition) is 6. The van der Waals surface area contributed by atoms with Crippen LogP contribution in [0.3, 0.4) is 0 Å². The van der Waals surface area contributed by atoms with Crippen LogP contribution in [0.2, 0.25) is 0 Å². The third-order valence-electron chi connectivity index (χ3n) is 4.15. The summed E-state index contributed by atoms with van der Waals surface area (Å²) in [5.74, 6) is -0.105. The van der Waals surface area contributed by atoms with Crippen molar-refractivity contribution in [1.82, 2.24) is 10.3 Å². The number of carbonyl (C=O) groups is 1. The number of nitrogens with zero attached hydrogens (tertiary/aromatic N) is 1. The predicted molar refractivity (Wildman–Crippen MR) is 128 cm³/mol. The van der Waals surface area contributed by atoms with Gasteiger partial charge in [0.25, 0.3) is 5.91 Å². The van der Waals surface area contributed by atoms with Crippen LogP contribution < -0.4 is 20.1 Å². The smallest absolute Gasteiger partial charge is 0.264 e. The van der Waals surface area contributed by atoms with Crippen LogP contribution in [0.5, 0.6) is 11.5 Å². The molecule has 0 aliphatic carbocycles. The Morgan fingerprint density at radius 2 is 2.06 bits per heavy atom. The first kappa shape index (κ1) is 23.1. The molecule has 1 heterocycles. The Morgan fingerprint density at radius 1 is 1.29 bits per heavy atom. The van der Waals surface area contributed by atoms with Crippen molar-refractivity contribution in [3.63, 3.8) is 0 Å². The first-order valence-electron chi connectivity index (χ1n) is 9.06. The number of carbonyl (C=O) groups excluding carboxylic acids is 1. The van der Waals surface area contributed by atoms with Crippen molar-refractivity contribution in [3.8, 4) is 22.8 Å². The number of methoxy groups -OCH3 is 1. The summed E-state index contributed by atoms with van der Waals surface area (Å²) < 4.78 is 25.2. The van der Waals surface area contributed by atoms with Crippen LogP contribution >= 0.6 is 39.5 Å². The lowest BCUT2D eigenvalue weighted by atomic mass is 10.1. The van der Waals surface area contributed by atoms with Crippen molar-refractivity contribution >= 4 is 55.6 Å². The molecule has 0 bridgehead atoms. The summed E-state index contributed by atoms with van der Waals surface area (Å²) in [5.41, 5.74) is 3.19. The van der Waals surface area contributed by atoms with Crippen molar-refractivity contribution < 1.29 is 18.7 Å². The number of nitrogens with one attached hydrogen (secondary N) is 2. The van der Waals surface area contributed by atoms with Gasteiger partial charge >= 0.3 is 0 Å². The van der Waals surface area contributed by atoms with Gasteiger partial charge in [0.15, 0.2) is 28.4 Å². The van der Waals surface area contributed by atoms with Gasteiger partial charge in [0.2, 0.25) is 0 Å². The molecular formula is C21H19BrFN3O3S2. The van der Waals surface area contributed by atoms with Crippen molar-refractivity contribution in [3.05, 3.63) is 57.1 Å². The highest BCUT2D eigenvalue weighted by atomic mass is 79.9. The Labute approximate surface area is 196 Å². The molecule has 1 aromatic heterocycles. The molecule has 0 spiro atoms. The molecule has 1 amide bonds. The molecule has 162 valence electrons. The predicted octanol–water partition coefficient (Wildman–Crippen LogP) is 5.23. The van der Waals surface area contributed by atoms with E-state index < -0.39 is 11.7 Å². The van der Waals surface area contributed by atoms with E-state index in [1.165, 1.54) is 30.6 Å². The average molecular weight is 524 g/mol. The molecule has 0 unspecified atom stereocenters. The Kier molecular flexibility index (Phi) is 7.58. The van der Waals surface area contributed by atoms with Crippen LogP contribution in [-0.4, -0.2) is 29.7 Å². The maximum Gasteiger partial charge on any atom is 0.264 e. The van der Waals surface area contributed by atoms with Gasteiger partial charge in [-0.05, 0) is 77.4 Å². The molecule has 0 aliphatic heterocycles. The molecule has 0 radical (unpaired) electrons. The van der Waals surface area contributed by atoms with Gasteiger partial charge in [0.1, 0.15) is 5.75 Å². The van der Waals surface area contributed by atoms with Gasteiger partial charge in [-0.3, -0.25) is 10.1 Å². The quantitative estimate of drug-likeness (QED) is 0.431. The zero-order valence-electron chi connectivity index (χ0n) is 16.9. The number of anilines is 1. The van der Waals surface area contributed by atoms with Gasteiger partial charge < -0.3 is 14.8 Å². The fourth-order valence-electron chi connectivity index (χ4n) is 2.80. The number of benzene rings is 2. The van der Waals surface area contributed by atoms with E-state index in [1.54, 1.807) is 11.4 Å². The fourth-order valence-corrected chi connectivity index (χ4v) is 4.59. The summed E-state index contributed by atoms with van der Waals surface area (Å²) in [6.45, 7) is 3.69. The molecule has 10 heteroatoms. The number of thiocarbonyl (C=S) groups is 1. The maximum atomic E-state index is 13.9. The van der Waals surface area contributed by atoms with E-state index in [-0.39, 0.29) is 17.5 Å². The lowest BCUT2D eigenvalue weighted by Gasteiger charge is -2.12. The highest BCUT2D eigenvalue weighted by molar-refractivity contribution is 9.10. The second-order valence-electron chi connectivity index (χ2n) is 6.57. The highest BCUT2D eigenvalue weighted by Crippen LogP contribution is 2.30. The van der Waals surface area contributed by atoms with Gasteiger partial charge in [0, 0.05) is 10.9 Å². The molecule has 0 aliphatic rings. The van der Waals surface area contributed by atoms with E-state index in [0.717, 1.165) is 15.6 Å². The van der Waals surface area contributed by atoms with Crippen molar-refractivity contribution in [2.45, 2.75) is 13.8 Å². The van der Waals surface area contributed by atoms with Gasteiger partial charge in [-0.2, -0.15) is 0 Å². The molecule has 6 nitrogen and oxygen atoms in total. The van der Waals surface area contributed by atoms with E-state index in [9.17, 15) is 9.18 Å². The lowest BCUT2D eigenvalue weighted by Crippen LogP contribution is -2.37. The Bertz CT molecular complexity index is 1110. The van der Waals surface area contributed by atoms with Crippen LogP contribution in [0.15, 0.2) is 40.2 Å². The normalized spacial score (nSPS) is 10.5. The van der Waals surface area contributed by atoms with Gasteiger partial charge in [-0.1, -0.05) is 6.07 Å². The summed E-state index contributed by atoms with van der Waals surface area (Å²) in [7, 11) is 1.41. The summed E-state index contributed by atoms with van der Waals surface area (Å²) in [6.07, 6.45) is 0. The molecule has 0 saturated heterocycles. The maximum absolute atomic E-state index is 13.9. The van der Waals surface area contributed by atoms with Gasteiger partial charge in [0.05, 0.1) is 17.3 Å². The first-order valence-corrected chi connectivity index (χ1v) is 11.1. The standard InChI is InChI=1S/C21H19BrFN3O3S2/c1-11-6-12(2)19(14(22)7-11)29-9-18(27)25-20(30)26-21-24-16(10-31-21)13-4-5-17(28-3)15(23)8-13/h4-8,10H,9H2,1-3H3,(H2,24,25,26,27,30). The summed E-state index contributed by atoms with van der Waals surface area (Å²) >= 11 is 9.90. The number of ether oxygens (including phenoxy) is 2. The van der Waals surface area contributed by atoms with E-state index in [2.05, 4.69) is 31.5 Å². The molecule has 3 aromatic rings. The van der Waals surface area contributed by atoms with Crippen LogP contribution in [0.4, 0.5) is 9.52 Å². The monoisotopic (exact) mass is 523 g/mol. The average Bonchev–Trinajstić information content (AvgIpc) is 3.15. The fraction of sp³-hybridized carbons (Fsp3) is 0.190. The Hall–Kier alpha value is -2.56. The van der Waals surface area contributed by atoms with Crippen LogP contribution in [0.25, 0.3) is 11.3 Å². The summed E-state index contributed by atoms with van der Waals surface area (Å²) in [6, 6.07) is 8.49. The molecule has 3 rings (SSSR count). The number of hydrogen-bond donors (Lipinski definition) is 2. The summed E-state index contributed by atoms with van der Waals surface area (Å²) in [4.78, 5) is 16.6. The minimum atomic E-state index is -0.472. The second kappa shape index (κ2) is 10.2. The van der Waals surface area contributed by atoms with E-state index in [1.807, 2.05) is 26.0 Å². The zero-order valence-corrected chi connectivity index (χ0v) is 20.1. The van der Waals surface area contributed by atoms with Crippen LogP contribution in [0.1, 0.15) is 11.1 Å². The van der Waals surface area contributed by atoms with E-state index in [4.69, 9.17) is 21.7 Å². The first-order chi connectivity index (χ1) is 14.8. The third-order valence-corrected chi connectivity index (χ3v) is 5.70. The van der Waals surface area contributed by atoms with E-state index >= 15 is 0 Å². The largest absolute Gasteiger partial charge is 0.494 e. The molecule has 0 atom stereocenters. The molecule has 0 saturated carbocycles. The van der Waals surface area contributed by atoms with Crippen molar-refractivity contribution in [1.29, 1.82) is 0 Å². The Balaban J connectivity index is 1.55. The third kappa shape index (κ3) is 5.99. The molecule has 0 fully saturated rings. The second-order valence-corrected chi connectivity index (χ2v) is 8.69. The number of thiazole rings is 1. The molecule has 31 heavy (non-hydrogen) atoms. The molecule has 2 aromatic carbocycles. The lowest BCUT2D eigenvalue weighted by molar-refractivity contribution is -0.121. The van der Waals surface area contributed by atoms with Crippen molar-refractivity contribution in [2.75, 3.05) is 19.0 Å². The van der Waals surface area contributed by atoms with Gasteiger partial charge in [-0.25, -0.2) is 9.37 Å². The van der Waals surface area contributed by atoms with Crippen LogP contribution in [-0.2, 0) is 4.79 Å². The number of rotatable bonds is 6. The number of aryl methyl sites for hydroxylation is 2.